The van der Waals surface area contributed by atoms with Crippen LogP contribution in [0.3, 0.4) is 0 Å². The molecule has 1 fully saturated rings. The van der Waals surface area contributed by atoms with Crippen LogP contribution < -0.4 is 15.2 Å². The third-order valence-corrected chi connectivity index (χ3v) is 5.23. The van der Waals surface area contributed by atoms with Crippen LogP contribution in [0.4, 0.5) is 0 Å². The molecule has 0 bridgehead atoms. The van der Waals surface area contributed by atoms with Gasteiger partial charge < -0.3 is 20.1 Å². The van der Waals surface area contributed by atoms with Crippen molar-refractivity contribution >= 4 is 17.1 Å². The second kappa shape index (κ2) is 8.04. The van der Waals surface area contributed by atoms with Gasteiger partial charge in [0.05, 0.1) is 32.0 Å². The lowest BCUT2D eigenvalue weighted by Gasteiger charge is -2.18. The smallest absolute Gasteiger partial charge is 0.257 e. The number of nitrogens with two attached hydrogens (primary N) is 1. The van der Waals surface area contributed by atoms with Gasteiger partial charge in [-0.3, -0.25) is 4.79 Å². The Balaban J connectivity index is 1.60. The number of hydrogen-bond acceptors (Lipinski definition) is 7. The highest BCUT2D eigenvalue weighted by atomic mass is 16.5. The Bertz CT molecular complexity index is 1030. The van der Waals surface area contributed by atoms with Crippen molar-refractivity contribution < 1.29 is 14.3 Å². The van der Waals surface area contributed by atoms with Crippen molar-refractivity contribution in [2.45, 2.75) is 18.9 Å². The number of hydrogen-bond donors (Lipinski definition) is 1. The van der Waals surface area contributed by atoms with Gasteiger partial charge in [-0.2, -0.15) is 5.10 Å². The van der Waals surface area contributed by atoms with Gasteiger partial charge >= 0.3 is 0 Å². The van der Waals surface area contributed by atoms with Crippen molar-refractivity contribution in [2.75, 3.05) is 33.9 Å². The molecule has 1 atom stereocenters. The van der Waals surface area contributed by atoms with Gasteiger partial charge in [0.2, 0.25) is 0 Å². The minimum absolute atomic E-state index is 0.0833. The first kappa shape index (κ1) is 19.1. The molecule has 0 radical (unpaired) electrons. The Hall–Kier alpha value is -3.20. The third kappa shape index (κ3) is 3.49. The van der Waals surface area contributed by atoms with Gasteiger partial charge in [0.15, 0.2) is 5.65 Å². The highest BCUT2D eigenvalue weighted by Gasteiger charge is 2.33. The number of rotatable bonds is 6. The van der Waals surface area contributed by atoms with Crippen LogP contribution in [-0.4, -0.2) is 64.4 Å². The van der Waals surface area contributed by atoms with Gasteiger partial charge in [0.25, 0.3) is 5.91 Å². The van der Waals surface area contributed by atoms with Crippen LogP contribution in [0.2, 0.25) is 0 Å². The average molecular weight is 396 g/mol. The maximum Gasteiger partial charge on any atom is 0.257 e. The molecule has 1 saturated heterocycles. The van der Waals surface area contributed by atoms with E-state index >= 15 is 0 Å². The quantitative estimate of drug-likeness (QED) is 0.671. The first-order chi connectivity index (χ1) is 14.2. The van der Waals surface area contributed by atoms with Crippen molar-refractivity contribution in [2.24, 2.45) is 5.73 Å². The van der Waals surface area contributed by atoms with Crippen molar-refractivity contribution in [3.8, 4) is 11.5 Å². The van der Waals surface area contributed by atoms with Gasteiger partial charge in [0, 0.05) is 37.9 Å². The largest absolute Gasteiger partial charge is 0.497 e. The zero-order chi connectivity index (χ0) is 20.4. The Morgan fingerprint density at radius 2 is 2.07 bits per heavy atom. The minimum Gasteiger partial charge on any atom is -0.497 e. The molecule has 3 aromatic rings. The molecule has 0 aliphatic carbocycles. The van der Waals surface area contributed by atoms with Crippen LogP contribution in [0.15, 0.2) is 30.6 Å². The first-order valence-electron chi connectivity index (χ1n) is 9.55. The molecular formula is C20H24N6O3. The van der Waals surface area contributed by atoms with Crippen LogP contribution in [0.1, 0.15) is 28.4 Å². The maximum atomic E-state index is 13.2. The summed E-state index contributed by atoms with van der Waals surface area (Å²) in [6.07, 6.45) is 4.13. The van der Waals surface area contributed by atoms with E-state index in [0.29, 0.717) is 43.2 Å². The molecule has 0 saturated carbocycles. The summed E-state index contributed by atoms with van der Waals surface area (Å²) in [5.41, 5.74) is 8.57. The lowest BCUT2D eigenvalue weighted by Crippen LogP contribution is -2.29. The molecule has 1 aromatic carbocycles. The number of benzene rings is 1. The molecule has 2 aromatic heterocycles. The zero-order valence-corrected chi connectivity index (χ0v) is 16.5. The second-order valence-electron chi connectivity index (χ2n) is 6.93. The normalized spacial score (nSPS) is 16.4. The van der Waals surface area contributed by atoms with E-state index in [-0.39, 0.29) is 11.8 Å². The molecule has 9 heteroatoms. The summed E-state index contributed by atoms with van der Waals surface area (Å²) in [5, 5.41) is 4.72. The van der Waals surface area contributed by atoms with Crippen LogP contribution in [0.25, 0.3) is 11.2 Å². The summed E-state index contributed by atoms with van der Waals surface area (Å²) >= 11 is 0. The van der Waals surface area contributed by atoms with E-state index in [1.165, 1.54) is 0 Å². The van der Waals surface area contributed by atoms with Crippen LogP contribution in [-0.2, 0) is 6.54 Å². The van der Waals surface area contributed by atoms with E-state index in [4.69, 9.17) is 20.3 Å². The Labute approximate surface area is 168 Å². The minimum atomic E-state index is -0.0833. The predicted molar refractivity (Wildman–Crippen MR) is 107 cm³/mol. The molecule has 3 heterocycles. The highest BCUT2D eigenvalue weighted by molar-refractivity contribution is 5.97. The predicted octanol–water partition coefficient (Wildman–Crippen LogP) is 1.43. The lowest BCUT2D eigenvalue weighted by molar-refractivity contribution is 0.0787. The molecule has 0 spiro atoms. The molecule has 152 valence electrons. The molecule has 1 aliphatic rings. The summed E-state index contributed by atoms with van der Waals surface area (Å²) < 4.78 is 12.4. The number of amides is 1. The van der Waals surface area contributed by atoms with Gasteiger partial charge in [0.1, 0.15) is 17.0 Å². The number of carbonyl (C=O) groups is 1. The van der Waals surface area contributed by atoms with Gasteiger partial charge in [-0.15, -0.1) is 0 Å². The van der Waals surface area contributed by atoms with Gasteiger partial charge in [-0.1, -0.05) is 0 Å². The number of fused-ring (bicyclic) bond motifs is 1. The Morgan fingerprint density at radius 3 is 2.83 bits per heavy atom. The monoisotopic (exact) mass is 396 g/mol. The number of aromatic nitrogens is 4. The number of ether oxygens (including phenoxy) is 2. The summed E-state index contributed by atoms with van der Waals surface area (Å²) in [6.45, 7) is 2.24. The fourth-order valence-electron chi connectivity index (χ4n) is 3.80. The summed E-state index contributed by atoms with van der Waals surface area (Å²) in [7, 11) is 3.13. The SMILES string of the molecule is COc1ccc(OC)c(C(=O)N2CCC(c3nn(CCN)c4nccnc34)C2)c1. The van der Waals surface area contributed by atoms with E-state index in [1.54, 1.807) is 49.5 Å². The Morgan fingerprint density at radius 1 is 1.24 bits per heavy atom. The number of likely N-dealkylation sites (tertiary alicyclic amines) is 1. The van der Waals surface area contributed by atoms with Crippen molar-refractivity contribution in [1.82, 2.24) is 24.6 Å². The molecule has 1 unspecified atom stereocenters. The average Bonchev–Trinajstić information content (AvgIpc) is 3.38. The van der Waals surface area contributed by atoms with Gasteiger partial charge in [-0.05, 0) is 24.6 Å². The van der Waals surface area contributed by atoms with Gasteiger partial charge in [-0.25, -0.2) is 14.6 Å². The van der Waals surface area contributed by atoms with E-state index in [2.05, 4.69) is 9.97 Å². The second-order valence-corrected chi connectivity index (χ2v) is 6.93. The molecule has 4 rings (SSSR count). The molecule has 29 heavy (non-hydrogen) atoms. The molecule has 1 amide bonds. The molecule has 1 aliphatic heterocycles. The summed E-state index contributed by atoms with van der Waals surface area (Å²) in [4.78, 5) is 23.9. The third-order valence-electron chi connectivity index (χ3n) is 5.23. The number of methoxy groups -OCH3 is 2. The van der Waals surface area contributed by atoms with E-state index in [0.717, 1.165) is 23.3 Å². The maximum absolute atomic E-state index is 13.2. The van der Waals surface area contributed by atoms with Crippen LogP contribution in [0.5, 0.6) is 11.5 Å². The Kier molecular flexibility index (Phi) is 5.30. The van der Waals surface area contributed by atoms with Crippen molar-refractivity contribution in [1.29, 1.82) is 0 Å². The van der Waals surface area contributed by atoms with E-state index < -0.39 is 0 Å². The van der Waals surface area contributed by atoms with Crippen molar-refractivity contribution in [3.63, 3.8) is 0 Å². The van der Waals surface area contributed by atoms with Crippen LogP contribution in [0, 0.1) is 0 Å². The molecule has 9 nitrogen and oxygen atoms in total. The number of carbonyl (C=O) groups excluding carboxylic acids is 1. The topological polar surface area (TPSA) is 108 Å². The number of nitrogens with zero attached hydrogens (tertiary/aromatic N) is 5. The van der Waals surface area contributed by atoms with E-state index in [1.807, 2.05) is 4.90 Å². The fourth-order valence-corrected chi connectivity index (χ4v) is 3.80. The van der Waals surface area contributed by atoms with Crippen LogP contribution >= 0.6 is 0 Å². The highest BCUT2D eigenvalue weighted by Crippen LogP contribution is 2.33. The van der Waals surface area contributed by atoms with E-state index in [9.17, 15) is 4.79 Å². The fraction of sp³-hybridized carbons (Fsp3) is 0.400. The lowest BCUT2D eigenvalue weighted by atomic mass is 10.0. The molecular weight excluding hydrogens is 372 g/mol. The first-order valence-corrected chi connectivity index (χ1v) is 9.55. The summed E-state index contributed by atoms with van der Waals surface area (Å²) in [5.74, 6) is 1.16. The zero-order valence-electron chi connectivity index (χ0n) is 16.5. The summed E-state index contributed by atoms with van der Waals surface area (Å²) in [6, 6.07) is 5.24. The molecule has 2 N–H and O–H groups in total. The van der Waals surface area contributed by atoms with Crippen molar-refractivity contribution in [3.05, 3.63) is 41.9 Å². The standard InChI is InChI=1S/C20H24N6O3/c1-28-14-3-4-16(29-2)15(11-14)20(27)25-9-5-13(12-25)17-18-19(23-8-7-22-18)26(24-17)10-6-21/h3-4,7-8,11,13H,5-6,9-10,12,21H2,1-2H3.